The zero-order chi connectivity index (χ0) is 14.7. The maximum Gasteiger partial charge on any atom is 0.226 e. The lowest BCUT2D eigenvalue weighted by molar-refractivity contribution is -0.126. The molecule has 2 saturated heterocycles. The van der Waals surface area contributed by atoms with Gasteiger partial charge in [0, 0.05) is 38.0 Å². The molecule has 5 nitrogen and oxygen atoms in total. The van der Waals surface area contributed by atoms with E-state index in [1.807, 2.05) is 12.4 Å². The van der Waals surface area contributed by atoms with E-state index in [4.69, 9.17) is 4.74 Å². The van der Waals surface area contributed by atoms with E-state index in [2.05, 4.69) is 27.3 Å². The number of methoxy groups -OCH3 is 1. The SMILES string of the molecule is COCC1C(=O)NCC12CCN(Cc1ccncc1)CC2. The van der Waals surface area contributed by atoms with Gasteiger partial charge in [-0.3, -0.25) is 14.7 Å². The number of likely N-dealkylation sites (tertiary alicyclic amines) is 1. The molecule has 3 rings (SSSR count). The second kappa shape index (κ2) is 6.12. The van der Waals surface area contributed by atoms with Gasteiger partial charge in [0.1, 0.15) is 0 Å². The van der Waals surface area contributed by atoms with E-state index >= 15 is 0 Å². The predicted octanol–water partition coefficient (Wildman–Crippen LogP) is 1.06. The van der Waals surface area contributed by atoms with Crippen molar-refractivity contribution in [1.82, 2.24) is 15.2 Å². The van der Waals surface area contributed by atoms with Crippen molar-refractivity contribution >= 4 is 5.91 Å². The lowest BCUT2D eigenvalue weighted by atomic mass is 9.71. The number of hydrogen-bond donors (Lipinski definition) is 1. The summed E-state index contributed by atoms with van der Waals surface area (Å²) < 4.78 is 5.26. The quantitative estimate of drug-likeness (QED) is 0.900. The molecule has 5 heteroatoms. The van der Waals surface area contributed by atoms with Gasteiger partial charge < -0.3 is 10.1 Å². The average Bonchev–Trinajstić information content (AvgIpc) is 2.81. The summed E-state index contributed by atoms with van der Waals surface area (Å²) in [4.78, 5) is 18.5. The fourth-order valence-corrected chi connectivity index (χ4v) is 3.63. The van der Waals surface area contributed by atoms with Crippen LogP contribution in [0.2, 0.25) is 0 Å². The Balaban J connectivity index is 1.60. The first-order valence-corrected chi connectivity index (χ1v) is 7.61. The topological polar surface area (TPSA) is 54.5 Å². The van der Waals surface area contributed by atoms with Gasteiger partial charge in [-0.05, 0) is 43.6 Å². The molecule has 0 aromatic carbocycles. The van der Waals surface area contributed by atoms with Crippen molar-refractivity contribution in [3.05, 3.63) is 30.1 Å². The van der Waals surface area contributed by atoms with E-state index < -0.39 is 0 Å². The molecular formula is C16H23N3O2. The van der Waals surface area contributed by atoms with Crippen LogP contribution >= 0.6 is 0 Å². The van der Waals surface area contributed by atoms with Crippen LogP contribution in [0.4, 0.5) is 0 Å². The van der Waals surface area contributed by atoms with Crippen LogP contribution in [0.5, 0.6) is 0 Å². The highest BCUT2D eigenvalue weighted by Gasteiger charge is 2.49. The van der Waals surface area contributed by atoms with Gasteiger partial charge in [0.05, 0.1) is 12.5 Å². The first-order valence-electron chi connectivity index (χ1n) is 7.61. The first-order chi connectivity index (χ1) is 10.2. The van der Waals surface area contributed by atoms with E-state index in [-0.39, 0.29) is 17.2 Å². The van der Waals surface area contributed by atoms with Gasteiger partial charge in [0.2, 0.25) is 5.91 Å². The largest absolute Gasteiger partial charge is 0.384 e. The van der Waals surface area contributed by atoms with Crippen LogP contribution in [0, 0.1) is 11.3 Å². The molecule has 1 aromatic heterocycles. The van der Waals surface area contributed by atoms with E-state index in [9.17, 15) is 4.79 Å². The molecule has 1 unspecified atom stereocenters. The first kappa shape index (κ1) is 14.5. The van der Waals surface area contributed by atoms with Gasteiger partial charge in [-0.25, -0.2) is 0 Å². The number of carbonyl (C=O) groups excluding carboxylic acids is 1. The van der Waals surface area contributed by atoms with Gasteiger partial charge in [-0.15, -0.1) is 0 Å². The van der Waals surface area contributed by atoms with Crippen LogP contribution in [-0.4, -0.2) is 49.1 Å². The molecule has 1 N–H and O–H groups in total. The van der Waals surface area contributed by atoms with Gasteiger partial charge in [0.15, 0.2) is 0 Å². The van der Waals surface area contributed by atoms with Crippen LogP contribution in [0.25, 0.3) is 0 Å². The predicted molar refractivity (Wildman–Crippen MR) is 79.6 cm³/mol. The number of piperidine rings is 1. The molecule has 2 fully saturated rings. The summed E-state index contributed by atoms with van der Waals surface area (Å²) in [5.74, 6) is 0.185. The zero-order valence-corrected chi connectivity index (χ0v) is 12.5. The molecule has 0 saturated carbocycles. The third-order valence-corrected chi connectivity index (χ3v) is 5.01. The van der Waals surface area contributed by atoms with Crippen molar-refractivity contribution in [3.8, 4) is 0 Å². The minimum absolute atomic E-state index is 0.0191. The monoisotopic (exact) mass is 289 g/mol. The maximum atomic E-state index is 12.0. The van der Waals surface area contributed by atoms with E-state index in [1.54, 1.807) is 7.11 Å². The Morgan fingerprint density at radius 3 is 2.76 bits per heavy atom. The van der Waals surface area contributed by atoms with Crippen molar-refractivity contribution < 1.29 is 9.53 Å². The molecule has 0 bridgehead atoms. The Morgan fingerprint density at radius 1 is 1.38 bits per heavy atom. The molecule has 1 spiro atoms. The number of ether oxygens (including phenoxy) is 1. The molecule has 0 aliphatic carbocycles. The summed E-state index contributed by atoms with van der Waals surface area (Å²) in [6.07, 6.45) is 5.81. The number of aromatic nitrogens is 1. The Labute approximate surface area is 125 Å². The molecule has 1 aromatic rings. The molecule has 3 heterocycles. The van der Waals surface area contributed by atoms with Crippen LogP contribution < -0.4 is 5.32 Å². The average molecular weight is 289 g/mol. The second-order valence-corrected chi connectivity index (χ2v) is 6.22. The minimum atomic E-state index is 0.0191. The number of carbonyl (C=O) groups is 1. The van der Waals surface area contributed by atoms with Gasteiger partial charge >= 0.3 is 0 Å². The van der Waals surface area contributed by atoms with Crippen LogP contribution in [0.3, 0.4) is 0 Å². The van der Waals surface area contributed by atoms with Crippen LogP contribution in [-0.2, 0) is 16.1 Å². The van der Waals surface area contributed by atoms with Crippen molar-refractivity contribution in [3.63, 3.8) is 0 Å². The van der Waals surface area contributed by atoms with Gasteiger partial charge in [-0.2, -0.15) is 0 Å². The highest BCUT2D eigenvalue weighted by atomic mass is 16.5. The summed E-state index contributed by atoms with van der Waals surface area (Å²) in [6.45, 7) is 4.39. The summed E-state index contributed by atoms with van der Waals surface area (Å²) in [7, 11) is 1.68. The third-order valence-electron chi connectivity index (χ3n) is 5.01. The highest BCUT2D eigenvalue weighted by Crippen LogP contribution is 2.42. The lowest BCUT2D eigenvalue weighted by Crippen LogP contribution is -2.45. The van der Waals surface area contributed by atoms with E-state index in [1.165, 1.54) is 5.56 Å². The number of hydrogen-bond acceptors (Lipinski definition) is 4. The van der Waals surface area contributed by atoms with Crippen molar-refractivity contribution in [2.24, 2.45) is 11.3 Å². The number of amides is 1. The molecule has 114 valence electrons. The Bertz CT molecular complexity index is 484. The Kier molecular flexibility index (Phi) is 4.22. The number of nitrogens with one attached hydrogen (secondary N) is 1. The standard InChI is InChI=1S/C16H23N3O2/c1-21-11-14-15(20)18-12-16(14)4-8-19(9-5-16)10-13-2-6-17-7-3-13/h2-3,6-7,14H,4-5,8-12H2,1H3,(H,18,20). The Hall–Kier alpha value is -1.46. The number of nitrogens with zero attached hydrogens (tertiary/aromatic N) is 2. The number of rotatable bonds is 4. The number of pyridine rings is 1. The van der Waals surface area contributed by atoms with Crippen molar-refractivity contribution in [2.75, 3.05) is 33.4 Å². The maximum absolute atomic E-state index is 12.0. The third kappa shape index (κ3) is 2.94. The minimum Gasteiger partial charge on any atom is -0.384 e. The van der Waals surface area contributed by atoms with Crippen molar-refractivity contribution in [1.29, 1.82) is 0 Å². The van der Waals surface area contributed by atoms with Gasteiger partial charge in [0.25, 0.3) is 0 Å². The van der Waals surface area contributed by atoms with E-state index in [0.29, 0.717) is 6.61 Å². The fourth-order valence-electron chi connectivity index (χ4n) is 3.63. The molecule has 2 aliphatic rings. The fraction of sp³-hybridized carbons (Fsp3) is 0.625. The van der Waals surface area contributed by atoms with Crippen LogP contribution in [0.15, 0.2) is 24.5 Å². The molecule has 0 radical (unpaired) electrons. The van der Waals surface area contributed by atoms with Crippen molar-refractivity contribution in [2.45, 2.75) is 19.4 Å². The molecule has 21 heavy (non-hydrogen) atoms. The molecule has 1 atom stereocenters. The lowest BCUT2D eigenvalue weighted by Gasteiger charge is -2.41. The Morgan fingerprint density at radius 2 is 2.10 bits per heavy atom. The molecule has 1 amide bonds. The summed E-state index contributed by atoms with van der Waals surface area (Å²) >= 11 is 0. The van der Waals surface area contributed by atoms with Gasteiger partial charge in [-0.1, -0.05) is 0 Å². The summed E-state index contributed by atoms with van der Waals surface area (Å²) in [6, 6.07) is 4.14. The zero-order valence-electron chi connectivity index (χ0n) is 12.5. The van der Waals surface area contributed by atoms with Crippen LogP contribution in [0.1, 0.15) is 18.4 Å². The second-order valence-electron chi connectivity index (χ2n) is 6.22. The molecule has 2 aliphatic heterocycles. The van der Waals surface area contributed by atoms with E-state index in [0.717, 1.165) is 39.0 Å². The highest BCUT2D eigenvalue weighted by molar-refractivity contribution is 5.82. The molecular weight excluding hydrogens is 266 g/mol. The normalized spacial score (nSPS) is 25.2. The summed E-state index contributed by atoms with van der Waals surface area (Å²) in [5.41, 5.74) is 1.40. The smallest absolute Gasteiger partial charge is 0.226 e. The summed E-state index contributed by atoms with van der Waals surface area (Å²) in [5, 5.41) is 3.03.